The van der Waals surface area contributed by atoms with Crippen LogP contribution in [0.25, 0.3) is 0 Å². The molecule has 3 heteroatoms. The third-order valence-corrected chi connectivity index (χ3v) is 4.38. The number of hydrogen-bond donors (Lipinski definition) is 0. The van der Waals surface area contributed by atoms with Gasteiger partial charge in [-0.3, -0.25) is 4.90 Å². The summed E-state index contributed by atoms with van der Waals surface area (Å²) in [5, 5.41) is 0. The Hall–Kier alpha value is -2.94. The molecule has 2 aliphatic heterocycles. The first kappa shape index (κ1) is 12.6. The molecular formula is C20H15NO2. The van der Waals surface area contributed by atoms with Gasteiger partial charge >= 0.3 is 0 Å². The van der Waals surface area contributed by atoms with Crippen molar-refractivity contribution < 1.29 is 9.47 Å². The largest absolute Gasteiger partial charge is 0.453 e. The summed E-state index contributed by atoms with van der Waals surface area (Å²) in [6, 6.07) is 18.5. The monoisotopic (exact) mass is 301 g/mol. The lowest BCUT2D eigenvalue weighted by Gasteiger charge is -2.38. The second-order valence-corrected chi connectivity index (χ2v) is 6.04. The van der Waals surface area contributed by atoms with E-state index >= 15 is 0 Å². The molecule has 0 fully saturated rings. The SMILES string of the molecule is Cc1cc2c3c(c1)Oc1c(C)cccc1N3c1ccccc1O2. The molecule has 0 amide bonds. The molecule has 3 aromatic carbocycles. The van der Waals surface area contributed by atoms with E-state index in [-0.39, 0.29) is 0 Å². The van der Waals surface area contributed by atoms with Crippen LogP contribution in [0.3, 0.4) is 0 Å². The van der Waals surface area contributed by atoms with Crippen molar-refractivity contribution in [3.63, 3.8) is 0 Å². The van der Waals surface area contributed by atoms with Crippen molar-refractivity contribution in [3.05, 3.63) is 65.7 Å². The minimum atomic E-state index is 0.839. The maximum atomic E-state index is 6.23. The fraction of sp³-hybridized carbons (Fsp3) is 0.100. The molecule has 112 valence electrons. The van der Waals surface area contributed by atoms with Crippen LogP contribution < -0.4 is 14.4 Å². The summed E-state index contributed by atoms with van der Waals surface area (Å²) in [7, 11) is 0. The minimum Gasteiger partial charge on any atom is -0.453 e. The van der Waals surface area contributed by atoms with Crippen LogP contribution in [0.5, 0.6) is 23.0 Å². The zero-order valence-corrected chi connectivity index (χ0v) is 13.0. The number of rotatable bonds is 0. The van der Waals surface area contributed by atoms with Crippen LogP contribution in [-0.4, -0.2) is 0 Å². The molecule has 0 saturated carbocycles. The minimum absolute atomic E-state index is 0.839. The number of nitrogens with zero attached hydrogens (tertiary/aromatic N) is 1. The number of para-hydroxylation sites is 3. The zero-order chi connectivity index (χ0) is 15.6. The molecule has 0 aromatic heterocycles. The smallest absolute Gasteiger partial charge is 0.155 e. The molecule has 0 atom stereocenters. The van der Waals surface area contributed by atoms with E-state index in [2.05, 4.69) is 55.1 Å². The van der Waals surface area contributed by atoms with Crippen molar-refractivity contribution in [2.24, 2.45) is 0 Å². The lowest BCUT2D eigenvalue weighted by molar-refractivity contribution is 0.443. The molecule has 0 bridgehead atoms. The molecule has 2 aliphatic rings. The first-order chi connectivity index (χ1) is 11.2. The summed E-state index contributed by atoms with van der Waals surface area (Å²) in [4.78, 5) is 2.24. The van der Waals surface area contributed by atoms with E-state index in [0.29, 0.717) is 0 Å². The molecule has 0 N–H and O–H groups in total. The summed E-state index contributed by atoms with van der Waals surface area (Å²) in [5.41, 5.74) is 5.32. The van der Waals surface area contributed by atoms with Crippen molar-refractivity contribution >= 4 is 17.1 Å². The first-order valence-electron chi connectivity index (χ1n) is 7.71. The number of aryl methyl sites for hydroxylation is 2. The predicted molar refractivity (Wildman–Crippen MR) is 90.7 cm³/mol. The van der Waals surface area contributed by atoms with Gasteiger partial charge in [-0.05, 0) is 55.3 Å². The van der Waals surface area contributed by atoms with Gasteiger partial charge in [-0.25, -0.2) is 0 Å². The Morgan fingerprint density at radius 3 is 2.35 bits per heavy atom. The third kappa shape index (κ3) is 1.65. The van der Waals surface area contributed by atoms with Crippen molar-refractivity contribution in [1.82, 2.24) is 0 Å². The van der Waals surface area contributed by atoms with Crippen molar-refractivity contribution in [2.75, 3.05) is 4.90 Å². The van der Waals surface area contributed by atoms with Gasteiger partial charge in [0.05, 0.1) is 11.4 Å². The molecule has 0 unspecified atom stereocenters. The average molecular weight is 301 g/mol. The van der Waals surface area contributed by atoms with Gasteiger partial charge < -0.3 is 9.47 Å². The molecule has 2 heterocycles. The van der Waals surface area contributed by atoms with E-state index in [4.69, 9.17) is 9.47 Å². The van der Waals surface area contributed by atoms with Crippen LogP contribution in [0, 0.1) is 13.8 Å². The quantitative estimate of drug-likeness (QED) is 0.351. The molecule has 0 spiro atoms. The maximum Gasteiger partial charge on any atom is 0.155 e. The van der Waals surface area contributed by atoms with Crippen molar-refractivity contribution in [3.8, 4) is 23.0 Å². The Kier molecular flexibility index (Phi) is 2.35. The first-order valence-corrected chi connectivity index (χ1v) is 7.71. The van der Waals surface area contributed by atoms with Gasteiger partial charge in [-0.1, -0.05) is 24.3 Å². The normalized spacial score (nSPS) is 13.4. The Morgan fingerprint density at radius 2 is 1.48 bits per heavy atom. The molecule has 0 aliphatic carbocycles. The second-order valence-electron chi connectivity index (χ2n) is 6.04. The Balaban J connectivity index is 1.88. The molecule has 0 saturated heterocycles. The molecule has 5 rings (SSSR count). The summed E-state index contributed by atoms with van der Waals surface area (Å²) < 4.78 is 12.4. The van der Waals surface area contributed by atoms with E-state index in [1.807, 2.05) is 18.2 Å². The fourth-order valence-electron chi connectivity index (χ4n) is 3.36. The highest BCUT2D eigenvalue weighted by molar-refractivity contribution is 5.94. The standard InChI is InChI=1S/C20H15NO2/c1-12-10-17-19-18(11-12)23-20-13(2)6-5-8-15(20)21(19)14-7-3-4-9-16(14)22-17/h3-11H,1-2H3. The molecule has 0 radical (unpaired) electrons. The van der Waals surface area contributed by atoms with Gasteiger partial charge in [0, 0.05) is 0 Å². The summed E-state index contributed by atoms with van der Waals surface area (Å²) in [6.07, 6.45) is 0. The zero-order valence-electron chi connectivity index (χ0n) is 13.0. The molecule has 3 nitrogen and oxygen atoms in total. The van der Waals surface area contributed by atoms with Crippen LogP contribution in [-0.2, 0) is 0 Å². The van der Waals surface area contributed by atoms with Crippen molar-refractivity contribution in [1.29, 1.82) is 0 Å². The van der Waals surface area contributed by atoms with E-state index in [0.717, 1.165) is 51.2 Å². The van der Waals surface area contributed by atoms with E-state index < -0.39 is 0 Å². The highest BCUT2D eigenvalue weighted by Crippen LogP contribution is 2.60. The van der Waals surface area contributed by atoms with Crippen LogP contribution in [0.4, 0.5) is 17.1 Å². The topological polar surface area (TPSA) is 21.7 Å². The Bertz CT molecular complexity index is 962. The number of fused-ring (bicyclic) bond motifs is 4. The number of ether oxygens (including phenoxy) is 2. The summed E-state index contributed by atoms with van der Waals surface area (Å²) in [5.74, 6) is 3.46. The van der Waals surface area contributed by atoms with Crippen molar-refractivity contribution in [2.45, 2.75) is 13.8 Å². The fourth-order valence-corrected chi connectivity index (χ4v) is 3.36. The van der Waals surface area contributed by atoms with E-state index in [1.54, 1.807) is 0 Å². The van der Waals surface area contributed by atoms with Gasteiger partial charge in [0.2, 0.25) is 0 Å². The van der Waals surface area contributed by atoms with Crippen LogP contribution in [0.1, 0.15) is 11.1 Å². The van der Waals surface area contributed by atoms with Gasteiger partial charge in [-0.15, -0.1) is 0 Å². The van der Waals surface area contributed by atoms with Crippen LogP contribution >= 0.6 is 0 Å². The molecule has 23 heavy (non-hydrogen) atoms. The van der Waals surface area contributed by atoms with E-state index in [1.165, 1.54) is 0 Å². The summed E-state index contributed by atoms with van der Waals surface area (Å²) in [6.45, 7) is 4.13. The third-order valence-electron chi connectivity index (χ3n) is 4.38. The Morgan fingerprint density at radius 1 is 0.739 bits per heavy atom. The number of benzene rings is 3. The van der Waals surface area contributed by atoms with Crippen LogP contribution in [0.2, 0.25) is 0 Å². The lowest BCUT2D eigenvalue weighted by atomic mass is 10.0. The van der Waals surface area contributed by atoms with Gasteiger partial charge in [0.25, 0.3) is 0 Å². The maximum absolute atomic E-state index is 6.23. The predicted octanol–water partition coefficient (Wildman–Crippen LogP) is 5.98. The number of hydrogen-bond acceptors (Lipinski definition) is 3. The number of anilines is 3. The highest BCUT2D eigenvalue weighted by atomic mass is 16.5. The lowest BCUT2D eigenvalue weighted by Crippen LogP contribution is -2.20. The van der Waals surface area contributed by atoms with E-state index in [9.17, 15) is 0 Å². The summed E-state index contributed by atoms with van der Waals surface area (Å²) >= 11 is 0. The van der Waals surface area contributed by atoms with Gasteiger partial charge in [-0.2, -0.15) is 0 Å². The molecule has 3 aromatic rings. The Labute approximate surface area is 134 Å². The highest BCUT2D eigenvalue weighted by Gasteiger charge is 2.34. The van der Waals surface area contributed by atoms with Gasteiger partial charge in [0.15, 0.2) is 23.0 Å². The average Bonchev–Trinajstić information content (AvgIpc) is 2.55. The molecular weight excluding hydrogens is 286 g/mol. The second kappa shape index (κ2) is 4.29. The van der Waals surface area contributed by atoms with Crippen LogP contribution in [0.15, 0.2) is 54.6 Å². The van der Waals surface area contributed by atoms with Gasteiger partial charge in [0.1, 0.15) is 5.69 Å².